The first-order valence-corrected chi connectivity index (χ1v) is 7.69. The maximum absolute atomic E-state index is 5.45. The van der Waals surface area contributed by atoms with Crippen molar-refractivity contribution in [1.29, 1.82) is 0 Å². The Hall–Kier alpha value is -0.310. The molecule has 0 bridgehead atoms. The van der Waals surface area contributed by atoms with Crippen LogP contribution >= 0.6 is 12.2 Å². The molecule has 0 amide bonds. The Morgan fingerprint density at radius 3 is 1.82 bits per heavy atom. The number of rotatable bonds is 10. The number of hydrogen-bond acceptors (Lipinski definition) is 1. The largest absolute Gasteiger partial charge is 0.363 e. The summed E-state index contributed by atoms with van der Waals surface area (Å²) in [6, 6.07) is 0. The first kappa shape index (κ1) is 16.7. The van der Waals surface area contributed by atoms with Crippen LogP contribution in [0.1, 0.15) is 65.7 Å². The lowest BCUT2D eigenvalue weighted by molar-refractivity contribution is 0.385. The first-order valence-electron chi connectivity index (χ1n) is 7.29. The Kier molecular flexibility index (Phi) is 11.9. The highest BCUT2D eigenvalue weighted by Gasteiger charge is 2.07. The molecule has 0 saturated heterocycles. The van der Waals surface area contributed by atoms with Gasteiger partial charge in [0.25, 0.3) is 0 Å². The van der Waals surface area contributed by atoms with Gasteiger partial charge in [0.05, 0.1) is 0 Å². The molecule has 17 heavy (non-hydrogen) atoms. The standard InChI is InChI=1S/C14H30N2S/c1-4-7-9-12-16(13-10-8-5-2)14(17)15-11-6-3/h4-13H2,1-3H3,(H,15,17). The maximum atomic E-state index is 5.45. The van der Waals surface area contributed by atoms with Crippen LogP contribution in [-0.2, 0) is 0 Å². The van der Waals surface area contributed by atoms with Crippen molar-refractivity contribution in [2.24, 2.45) is 0 Å². The Labute approximate surface area is 113 Å². The first-order chi connectivity index (χ1) is 8.26. The highest BCUT2D eigenvalue weighted by Crippen LogP contribution is 2.03. The van der Waals surface area contributed by atoms with Gasteiger partial charge in [0.1, 0.15) is 0 Å². The van der Waals surface area contributed by atoms with Gasteiger partial charge in [-0.15, -0.1) is 0 Å². The van der Waals surface area contributed by atoms with E-state index >= 15 is 0 Å². The van der Waals surface area contributed by atoms with Crippen LogP contribution in [0, 0.1) is 0 Å². The van der Waals surface area contributed by atoms with Crippen LogP contribution in [-0.4, -0.2) is 29.6 Å². The second-order valence-electron chi connectivity index (χ2n) is 4.63. The van der Waals surface area contributed by atoms with Gasteiger partial charge in [-0.3, -0.25) is 0 Å². The highest BCUT2D eigenvalue weighted by atomic mass is 32.1. The molecule has 0 rings (SSSR count). The molecule has 0 saturated carbocycles. The van der Waals surface area contributed by atoms with Crippen molar-refractivity contribution in [2.75, 3.05) is 19.6 Å². The monoisotopic (exact) mass is 258 g/mol. The van der Waals surface area contributed by atoms with E-state index in [9.17, 15) is 0 Å². The van der Waals surface area contributed by atoms with E-state index in [2.05, 4.69) is 31.0 Å². The Morgan fingerprint density at radius 1 is 0.882 bits per heavy atom. The minimum atomic E-state index is 0.957. The molecule has 0 aliphatic carbocycles. The summed E-state index contributed by atoms with van der Waals surface area (Å²) < 4.78 is 0. The molecular formula is C14H30N2S. The van der Waals surface area contributed by atoms with Crippen LogP contribution in [0.25, 0.3) is 0 Å². The van der Waals surface area contributed by atoms with Crippen LogP contribution in [0.4, 0.5) is 0 Å². The average molecular weight is 258 g/mol. The zero-order valence-corrected chi connectivity index (χ0v) is 12.7. The molecule has 0 aliphatic heterocycles. The minimum Gasteiger partial charge on any atom is -0.363 e. The normalized spacial score (nSPS) is 10.3. The van der Waals surface area contributed by atoms with Crippen molar-refractivity contribution < 1.29 is 0 Å². The van der Waals surface area contributed by atoms with Crippen molar-refractivity contribution in [2.45, 2.75) is 65.7 Å². The lowest BCUT2D eigenvalue weighted by Gasteiger charge is -2.25. The molecule has 2 nitrogen and oxygen atoms in total. The van der Waals surface area contributed by atoms with E-state index < -0.39 is 0 Å². The Morgan fingerprint density at radius 2 is 1.41 bits per heavy atom. The van der Waals surface area contributed by atoms with Gasteiger partial charge >= 0.3 is 0 Å². The highest BCUT2D eigenvalue weighted by molar-refractivity contribution is 7.80. The molecule has 102 valence electrons. The van der Waals surface area contributed by atoms with E-state index in [4.69, 9.17) is 12.2 Å². The summed E-state index contributed by atoms with van der Waals surface area (Å²) in [6.07, 6.45) is 8.82. The fourth-order valence-corrected chi connectivity index (χ4v) is 2.05. The minimum absolute atomic E-state index is 0.957. The van der Waals surface area contributed by atoms with Gasteiger partial charge in [-0.05, 0) is 31.5 Å². The number of thiocarbonyl (C=S) groups is 1. The molecule has 0 unspecified atom stereocenters. The van der Waals surface area contributed by atoms with E-state index in [0.29, 0.717) is 0 Å². The summed E-state index contributed by atoms with van der Waals surface area (Å²) in [5.74, 6) is 0. The van der Waals surface area contributed by atoms with E-state index in [1.807, 2.05) is 0 Å². The molecule has 0 radical (unpaired) electrons. The second-order valence-corrected chi connectivity index (χ2v) is 5.02. The third kappa shape index (κ3) is 9.40. The molecule has 0 aromatic carbocycles. The molecule has 0 aliphatic rings. The third-order valence-electron chi connectivity index (χ3n) is 2.88. The smallest absolute Gasteiger partial charge is 0.168 e. The lowest BCUT2D eigenvalue weighted by atomic mass is 10.2. The SMILES string of the molecule is CCCCCN(CCCCC)C(=S)NCCC. The number of nitrogens with zero attached hydrogens (tertiary/aromatic N) is 1. The molecule has 0 atom stereocenters. The van der Waals surface area contributed by atoms with Crippen molar-refractivity contribution in [3.05, 3.63) is 0 Å². The Bertz CT molecular complexity index is 173. The quantitative estimate of drug-likeness (QED) is 0.472. The molecule has 1 N–H and O–H groups in total. The van der Waals surface area contributed by atoms with Crippen LogP contribution in [0.3, 0.4) is 0 Å². The summed E-state index contributed by atoms with van der Waals surface area (Å²) in [4.78, 5) is 2.36. The average Bonchev–Trinajstić information content (AvgIpc) is 2.34. The van der Waals surface area contributed by atoms with Crippen LogP contribution < -0.4 is 5.32 Å². The molecule has 3 heteroatoms. The van der Waals surface area contributed by atoms with Gasteiger partial charge in [0.2, 0.25) is 0 Å². The van der Waals surface area contributed by atoms with E-state index in [1.54, 1.807) is 0 Å². The molecule has 0 heterocycles. The van der Waals surface area contributed by atoms with E-state index in [0.717, 1.165) is 31.2 Å². The summed E-state index contributed by atoms with van der Waals surface area (Å²) in [5, 5.41) is 4.30. The van der Waals surface area contributed by atoms with Crippen LogP contribution in [0.2, 0.25) is 0 Å². The van der Waals surface area contributed by atoms with Gasteiger partial charge in [-0.2, -0.15) is 0 Å². The van der Waals surface area contributed by atoms with E-state index in [1.165, 1.54) is 38.5 Å². The third-order valence-corrected chi connectivity index (χ3v) is 3.28. The van der Waals surface area contributed by atoms with Gasteiger partial charge in [0.15, 0.2) is 5.11 Å². The number of hydrogen-bond donors (Lipinski definition) is 1. The van der Waals surface area contributed by atoms with Gasteiger partial charge in [0, 0.05) is 19.6 Å². The van der Waals surface area contributed by atoms with Crippen LogP contribution in [0.15, 0.2) is 0 Å². The predicted octanol–water partition coefficient (Wildman–Crippen LogP) is 3.95. The Balaban J connectivity index is 3.94. The summed E-state index contributed by atoms with van der Waals surface area (Å²) in [6.45, 7) is 9.90. The maximum Gasteiger partial charge on any atom is 0.168 e. The zero-order chi connectivity index (χ0) is 12.9. The number of nitrogens with one attached hydrogen (secondary N) is 1. The zero-order valence-electron chi connectivity index (χ0n) is 11.9. The molecular weight excluding hydrogens is 228 g/mol. The molecule has 0 aromatic rings. The molecule has 0 fully saturated rings. The van der Waals surface area contributed by atoms with E-state index in [-0.39, 0.29) is 0 Å². The topological polar surface area (TPSA) is 15.3 Å². The molecule has 0 spiro atoms. The lowest BCUT2D eigenvalue weighted by Crippen LogP contribution is -2.41. The van der Waals surface area contributed by atoms with Crippen molar-refractivity contribution in [3.63, 3.8) is 0 Å². The van der Waals surface area contributed by atoms with Crippen LogP contribution in [0.5, 0.6) is 0 Å². The second kappa shape index (κ2) is 12.2. The summed E-state index contributed by atoms with van der Waals surface area (Å²) >= 11 is 5.45. The molecule has 0 aromatic heterocycles. The van der Waals surface area contributed by atoms with Gasteiger partial charge < -0.3 is 10.2 Å². The van der Waals surface area contributed by atoms with Crippen molar-refractivity contribution in [3.8, 4) is 0 Å². The summed E-state index contributed by atoms with van der Waals surface area (Å²) in [7, 11) is 0. The predicted molar refractivity (Wildman–Crippen MR) is 81.5 cm³/mol. The van der Waals surface area contributed by atoms with Crippen molar-refractivity contribution in [1.82, 2.24) is 10.2 Å². The fourth-order valence-electron chi connectivity index (χ4n) is 1.76. The van der Waals surface area contributed by atoms with Gasteiger partial charge in [-0.25, -0.2) is 0 Å². The fraction of sp³-hybridized carbons (Fsp3) is 0.929. The summed E-state index contributed by atoms with van der Waals surface area (Å²) in [5.41, 5.74) is 0. The van der Waals surface area contributed by atoms with Gasteiger partial charge in [-0.1, -0.05) is 46.5 Å². The number of unbranched alkanes of at least 4 members (excludes halogenated alkanes) is 4. The van der Waals surface area contributed by atoms with Crippen molar-refractivity contribution >= 4 is 17.3 Å².